The highest BCUT2D eigenvalue weighted by molar-refractivity contribution is 7.66. The molecule has 0 aliphatic heterocycles. The fourth-order valence-electron chi connectivity index (χ4n) is 3.95. The molecule has 36 heavy (non-hydrogen) atoms. The quantitative estimate of drug-likeness (QED) is 0.173. The van der Waals surface area contributed by atoms with E-state index in [0.29, 0.717) is 22.0 Å². The molecule has 0 radical (unpaired) electrons. The van der Waals surface area contributed by atoms with Crippen molar-refractivity contribution in [3.05, 3.63) is 124 Å². The summed E-state index contributed by atoms with van der Waals surface area (Å²) in [5.41, 5.74) is 4.27. The molecule has 6 heteroatoms. The molecular formula is C30H25O5P. The van der Waals surface area contributed by atoms with Crippen molar-refractivity contribution in [2.24, 2.45) is 0 Å². The fourth-order valence-corrected chi connectivity index (χ4v) is 5.13. The number of hydrogen-bond acceptors (Lipinski definition) is 5. The van der Waals surface area contributed by atoms with Gasteiger partial charge in [0.1, 0.15) is 11.5 Å². The van der Waals surface area contributed by atoms with Crippen molar-refractivity contribution in [3.8, 4) is 11.5 Å². The third-order valence-corrected chi connectivity index (χ3v) is 6.70. The second kappa shape index (κ2) is 11.1. The van der Waals surface area contributed by atoms with Gasteiger partial charge in [-0.1, -0.05) is 54.1 Å². The van der Waals surface area contributed by atoms with Crippen molar-refractivity contribution < 1.29 is 23.9 Å². The van der Waals surface area contributed by atoms with Crippen LogP contribution in [0.3, 0.4) is 0 Å². The second-order valence-corrected chi connectivity index (χ2v) is 9.64. The number of aryl methyl sites for hydroxylation is 3. The summed E-state index contributed by atoms with van der Waals surface area (Å²) in [5, 5.41) is 0.545. The lowest BCUT2D eigenvalue weighted by Crippen LogP contribution is -2.15. The van der Waals surface area contributed by atoms with Crippen LogP contribution >= 0.6 is 8.58 Å². The molecule has 0 aliphatic rings. The van der Waals surface area contributed by atoms with E-state index in [2.05, 4.69) is 0 Å². The van der Waals surface area contributed by atoms with E-state index in [-0.39, 0.29) is 25.6 Å². The molecule has 0 saturated heterocycles. The molecule has 0 saturated carbocycles. The van der Waals surface area contributed by atoms with Crippen LogP contribution in [0.5, 0.6) is 11.5 Å². The molecule has 1 unspecified atom stereocenters. The first-order valence-corrected chi connectivity index (χ1v) is 12.4. The predicted octanol–water partition coefficient (Wildman–Crippen LogP) is 6.19. The van der Waals surface area contributed by atoms with E-state index in [1.807, 2.05) is 39.0 Å². The highest BCUT2D eigenvalue weighted by atomic mass is 31.1. The Balaban J connectivity index is 1.65. The molecule has 0 bridgehead atoms. The highest BCUT2D eigenvalue weighted by Gasteiger charge is 2.19. The Hall–Kier alpha value is -4.08. The molecular weight excluding hydrogens is 471 g/mol. The van der Waals surface area contributed by atoms with Crippen LogP contribution in [0.2, 0.25) is 0 Å². The maximum atomic E-state index is 13.3. The maximum Gasteiger partial charge on any atom is 0.343 e. The summed E-state index contributed by atoms with van der Waals surface area (Å²) in [5.74, 6) is -0.712. The van der Waals surface area contributed by atoms with E-state index >= 15 is 0 Å². The smallest absolute Gasteiger partial charge is 0.343 e. The Labute approximate surface area is 211 Å². The molecule has 0 aliphatic carbocycles. The minimum absolute atomic E-state index is 0.0592. The number of esters is 2. The van der Waals surface area contributed by atoms with Crippen molar-refractivity contribution in [1.82, 2.24) is 0 Å². The Bertz CT molecular complexity index is 1410. The van der Waals surface area contributed by atoms with Gasteiger partial charge in [0.15, 0.2) is 5.52 Å². The van der Waals surface area contributed by atoms with Crippen LogP contribution in [0.1, 0.15) is 47.8 Å². The van der Waals surface area contributed by atoms with Gasteiger partial charge in [0.05, 0.1) is 11.1 Å². The first-order chi connectivity index (χ1) is 17.3. The van der Waals surface area contributed by atoms with E-state index in [9.17, 15) is 14.4 Å². The van der Waals surface area contributed by atoms with Crippen LogP contribution in [-0.2, 0) is 0 Å². The van der Waals surface area contributed by atoms with Crippen LogP contribution in [0.25, 0.3) is 0 Å². The van der Waals surface area contributed by atoms with Gasteiger partial charge >= 0.3 is 11.9 Å². The van der Waals surface area contributed by atoms with Crippen LogP contribution in [0.4, 0.5) is 0 Å². The molecule has 0 spiro atoms. The molecule has 4 aromatic carbocycles. The fraction of sp³-hybridized carbons (Fsp3) is 0.100. The first kappa shape index (κ1) is 25.0. The van der Waals surface area contributed by atoms with E-state index < -0.39 is 11.9 Å². The summed E-state index contributed by atoms with van der Waals surface area (Å²) < 4.78 is 11.2. The van der Waals surface area contributed by atoms with Crippen LogP contribution in [0, 0.1) is 20.8 Å². The first-order valence-electron chi connectivity index (χ1n) is 11.4. The summed E-state index contributed by atoms with van der Waals surface area (Å²) in [7, 11) is -0.290. The van der Waals surface area contributed by atoms with Gasteiger partial charge in [0.25, 0.3) is 0 Å². The van der Waals surface area contributed by atoms with Crippen LogP contribution < -0.4 is 14.8 Å². The molecule has 5 nitrogen and oxygen atoms in total. The zero-order valence-corrected chi connectivity index (χ0v) is 21.2. The molecule has 180 valence electrons. The standard InChI is InChI=1S/C30H25O5P/c1-19-16-20(2)27(21(3)17-19)30(33)36-26-15-14-24(34-28(31)22-10-6-4-7-11-22)18-25(26)35-29(32)23-12-8-5-9-13-23/h4-18,36H,1-3H3. The third kappa shape index (κ3) is 5.94. The SMILES string of the molecule is Cc1cc(C)c(C(=O)Pc2ccc(OC(=O)c3ccccc3)cc2OC(=O)c2ccccc2)c(C)c1. The summed E-state index contributed by atoms with van der Waals surface area (Å²) >= 11 is 0. The summed E-state index contributed by atoms with van der Waals surface area (Å²) in [6.45, 7) is 5.83. The van der Waals surface area contributed by atoms with Crippen molar-refractivity contribution in [2.75, 3.05) is 0 Å². The number of carbonyl (C=O) groups excluding carboxylic acids is 3. The third-order valence-electron chi connectivity index (χ3n) is 5.54. The highest BCUT2D eigenvalue weighted by Crippen LogP contribution is 2.31. The van der Waals surface area contributed by atoms with Gasteiger partial charge in [-0.25, -0.2) is 9.59 Å². The van der Waals surface area contributed by atoms with E-state index in [1.54, 1.807) is 66.7 Å². The molecule has 1 atom stereocenters. The van der Waals surface area contributed by atoms with Crippen LogP contribution in [-0.4, -0.2) is 17.5 Å². The summed E-state index contributed by atoms with van der Waals surface area (Å²) in [6.07, 6.45) is 0. The number of benzene rings is 4. The monoisotopic (exact) mass is 496 g/mol. The normalized spacial score (nSPS) is 10.9. The van der Waals surface area contributed by atoms with Gasteiger partial charge < -0.3 is 9.47 Å². The van der Waals surface area contributed by atoms with Crippen molar-refractivity contribution in [3.63, 3.8) is 0 Å². The number of carbonyl (C=O) groups is 3. The lowest BCUT2D eigenvalue weighted by Gasteiger charge is -2.14. The Morgan fingerprint density at radius 2 is 1.17 bits per heavy atom. The molecule has 0 N–H and O–H groups in total. The largest absolute Gasteiger partial charge is 0.423 e. The van der Waals surface area contributed by atoms with Crippen molar-refractivity contribution in [1.29, 1.82) is 0 Å². The molecule has 0 fully saturated rings. The van der Waals surface area contributed by atoms with Crippen molar-refractivity contribution >= 4 is 31.3 Å². The minimum atomic E-state index is -0.566. The second-order valence-electron chi connectivity index (χ2n) is 8.40. The number of rotatable bonds is 7. The van der Waals surface area contributed by atoms with Gasteiger partial charge in [0, 0.05) is 16.9 Å². The van der Waals surface area contributed by atoms with Gasteiger partial charge in [-0.2, -0.15) is 0 Å². The Morgan fingerprint density at radius 1 is 0.639 bits per heavy atom. The molecule has 0 heterocycles. The lowest BCUT2D eigenvalue weighted by atomic mass is 10.0. The van der Waals surface area contributed by atoms with Gasteiger partial charge in [-0.05, 0) is 76.9 Å². The van der Waals surface area contributed by atoms with E-state index in [1.165, 1.54) is 6.07 Å². The Kier molecular flexibility index (Phi) is 7.72. The minimum Gasteiger partial charge on any atom is -0.423 e. The number of ether oxygens (including phenoxy) is 2. The van der Waals surface area contributed by atoms with Gasteiger partial charge in [-0.15, -0.1) is 0 Å². The zero-order valence-electron chi connectivity index (χ0n) is 20.2. The predicted molar refractivity (Wildman–Crippen MR) is 142 cm³/mol. The molecule has 0 amide bonds. The van der Waals surface area contributed by atoms with E-state index in [0.717, 1.165) is 16.7 Å². The maximum absolute atomic E-state index is 13.3. The van der Waals surface area contributed by atoms with Gasteiger partial charge in [0.2, 0.25) is 0 Å². The molecule has 4 aromatic rings. The van der Waals surface area contributed by atoms with Crippen LogP contribution in [0.15, 0.2) is 91.0 Å². The molecule has 0 aromatic heterocycles. The average molecular weight is 496 g/mol. The lowest BCUT2D eigenvalue weighted by molar-refractivity contribution is 0.0733. The summed E-state index contributed by atoms with van der Waals surface area (Å²) in [6, 6.07) is 25.9. The molecule has 4 rings (SSSR count). The zero-order chi connectivity index (χ0) is 25.7. The van der Waals surface area contributed by atoms with Crippen molar-refractivity contribution in [2.45, 2.75) is 20.8 Å². The van der Waals surface area contributed by atoms with Gasteiger partial charge in [-0.3, -0.25) is 4.79 Å². The van der Waals surface area contributed by atoms with E-state index in [4.69, 9.17) is 9.47 Å². The Morgan fingerprint density at radius 3 is 1.72 bits per heavy atom. The average Bonchev–Trinajstić information content (AvgIpc) is 2.86. The number of hydrogen-bond donors (Lipinski definition) is 0. The topological polar surface area (TPSA) is 69.7 Å². The summed E-state index contributed by atoms with van der Waals surface area (Å²) in [4.78, 5) is 38.7.